The minimum Gasteiger partial charge on any atom is -0.480 e. The van der Waals surface area contributed by atoms with Crippen LogP contribution in [0, 0.1) is 0 Å². The highest BCUT2D eigenvalue weighted by molar-refractivity contribution is 5.82. The summed E-state index contributed by atoms with van der Waals surface area (Å²) in [7, 11) is 3.40. The summed E-state index contributed by atoms with van der Waals surface area (Å²) in [6.45, 7) is 2.09. The van der Waals surface area contributed by atoms with Gasteiger partial charge < -0.3 is 15.3 Å². The largest absolute Gasteiger partial charge is 0.480 e. The van der Waals surface area contributed by atoms with Gasteiger partial charge in [0.05, 0.1) is 12.7 Å². The first-order valence-electron chi connectivity index (χ1n) is 5.66. The Bertz CT molecular complexity index is 430. The van der Waals surface area contributed by atoms with E-state index in [-0.39, 0.29) is 0 Å². The monoisotopic (exact) mass is 254 g/mol. The number of aromatic nitrogens is 2. The van der Waals surface area contributed by atoms with Crippen molar-refractivity contribution in [1.82, 2.24) is 20.0 Å². The molecule has 7 heteroatoms. The summed E-state index contributed by atoms with van der Waals surface area (Å²) in [6.07, 6.45) is 3.82. The number of carbonyl (C=O) groups is 2. The van der Waals surface area contributed by atoms with Gasteiger partial charge in [0.1, 0.15) is 6.04 Å². The lowest BCUT2D eigenvalue weighted by Gasteiger charge is -2.20. The van der Waals surface area contributed by atoms with Crippen molar-refractivity contribution in [2.24, 2.45) is 7.05 Å². The minimum absolute atomic E-state index is 0.349. The van der Waals surface area contributed by atoms with Gasteiger partial charge in [0.2, 0.25) is 0 Å². The van der Waals surface area contributed by atoms with E-state index < -0.39 is 18.0 Å². The molecule has 1 aromatic rings. The van der Waals surface area contributed by atoms with E-state index in [1.54, 1.807) is 38.1 Å². The molecule has 2 N–H and O–H groups in total. The highest BCUT2D eigenvalue weighted by Crippen LogP contribution is 2.02. The van der Waals surface area contributed by atoms with Crippen LogP contribution in [0.1, 0.15) is 18.9 Å². The van der Waals surface area contributed by atoms with Crippen LogP contribution in [0.15, 0.2) is 12.4 Å². The van der Waals surface area contributed by atoms with E-state index in [0.29, 0.717) is 13.0 Å². The third-order valence-electron chi connectivity index (χ3n) is 2.53. The number of hydrogen-bond donors (Lipinski definition) is 2. The number of carboxylic acid groups (broad SMARTS) is 1. The fraction of sp³-hybridized carbons (Fsp3) is 0.545. The van der Waals surface area contributed by atoms with Gasteiger partial charge in [-0.1, -0.05) is 6.92 Å². The number of hydrogen-bond acceptors (Lipinski definition) is 3. The molecule has 100 valence electrons. The molecule has 0 saturated heterocycles. The van der Waals surface area contributed by atoms with Gasteiger partial charge in [0.25, 0.3) is 0 Å². The average molecular weight is 254 g/mol. The molecule has 1 rings (SSSR count). The van der Waals surface area contributed by atoms with E-state index in [1.807, 2.05) is 0 Å². The summed E-state index contributed by atoms with van der Waals surface area (Å²) in [5.74, 6) is -1.03. The number of carboxylic acids is 1. The predicted molar refractivity (Wildman–Crippen MR) is 64.9 cm³/mol. The summed E-state index contributed by atoms with van der Waals surface area (Å²) in [4.78, 5) is 24.0. The Labute approximate surface area is 105 Å². The predicted octanol–water partition coefficient (Wildman–Crippen LogP) is 0.425. The number of nitrogens with zero attached hydrogens (tertiary/aromatic N) is 3. The molecule has 0 radical (unpaired) electrons. The second-order valence-corrected chi connectivity index (χ2v) is 4.13. The standard InChI is InChI=1S/C11H18N4O3/c1-4-9(10(16)17)13-11(18)14(2)6-8-5-12-15(3)7-8/h5,7,9H,4,6H2,1-3H3,(H,13,18)(H,16,17)/t9-/m1/s1. The van der Waals surface area contributed by atoms with Crippen molar-refractivity contribution < 1.29 is 14.7 Å². The Hall–Kier alpha value is -2.05. The average Bonchev–Trinajstić information content (AvgIpc) is 2.70. The number of carbonyl (C=O) groups excluding carboxylic acids is 1. The molecule has 1 aromatic heterocycles. The minimum atomic E-state index is -1.03. The van der Waals surface area contributed by atoms with Crippen LogP contribution in [0.3, 0.4) is 0 Å². The molecule has 18 heavy (non-hydrogen) atoms. The van der Waals surface area contributed by atoms with E-state index in [9.17, 15) is 9.59 Å². The number of rotatable bonds is 5. The number of amides is 2. The first kappa shape index (κ1) is 14.0. The summed E-state index contributed by atoms with van der Waals surface area (Å²) < 4.78 is 1.65. The normalized spacial score (nSPS) is 11.9. The maximum atomic E-state index is 11.8. The van der Waals surface area contributed by atoms with Crippen molar-refractivity contribution in [3.8, 4) is 0 Å². The SMILES string of the molecule is CC[C@@H](NC(=O)N(C)Cc1cnn(C)c1)C(=O)O. The van der Waals surface area contributed by atoms with Crippen molar-refractivity contribution in [2.45, 2.75) is 25.9 Å². The highest BCUT2D eigenvalue weighted by Gasteiger charge is 2.19. The lowest BCUT2D eigenvalue weighted by atomic mass is 10.2. The molecule has 1 atom stereocenters. The van der Waals surface area contributed by atoms with Crippen LogP contribution >= 0.6 is 0 Å². The van der Waals surface area contributed by atoms with Crippen LogP contribution in [0.2, 0.25) is 0 Å². The maximum Gasteiger partial charge on any atom is 0.326 e. The number of nitrogens with one attached hydrogen (secondary N) is 1. The molecule has 0 aromatic carbocycles. The Kier molecular flexibility index (Phi) is 4.70. The van der Waals surface area contributed by atoms with E-state index >= 15 is 0 Å². The molecular weight excluding hydrogens is 236 g/mol. The van der Waals surface area contributed by atoms with Gasteiger partial charge >= 0.3 is 12.0 Å². The summed E-state index contributed by atoms with van der Waals surface area (Å²) >= 11 is 0. The third-order valence-corrected chi connectivity index (χ3v) is 2.53. The van der Waals surface area contributed by atoms with Crippen molar-refractivity contribution in [3.05, 3.63) is 18.0 Å². The fourth-order valence-electron chi connectivity index (χ4n) is 1.50. The lowest BCUT2D eigenvalue weighted by molar-refractivity contribution is -0.139. The number of urea groups is 1. The molecule has 0 fully saturated rings. The first-order valence-corrected chi connectivity index (χ1v) is 5.66. The number of aliphatic carboxylic acids is 1. The smallest absolute Gasteiger partial charge is 0.326 e. The quantitative estimate of drug-likeness (QED) is 0.797. The van der Waals surface area contributed by atoms with Crippen molar-refractivity contribution >= 4 is 12.0 Å². The van der Waals surface area contributed by atoms with Gasteiger partial charge in [0.15, 0.2) is 0 Å². The molecule has 2 amide bonds. The van der Waals surface area contributed by atoms with Crippen molar-refractivity contribution in [1.29, 1.82) is 0 Å². The maximum absolute atomic E-state index is 11.8. The summed E-state index contributed by atoms with van der Waals surface area (Å²) in [5.41, 5.74) is 0.888. The van der Waals surface area contributed by atoms with Crippen LogP contribution in [-0.2, 0) is 18.4 Å². The van der Waals surface area contributed by atoms with Gasteiger partial charge in [-0.05, 0) is 6.42 Å². The van der Waals surface area contributed by atoms with Gasteiger partial charge in [0, 0.05) is 25.9 Å². The fourth-order valence-corrected chi connectivity index (χ4v) is 1.50. The Morgan fingerprint density at radius 3 is 2.72 bits per heavy atom. The molecule has 0 aliphatic heterocycles. The molecule has 0 saturated carbocycles. The van der Waals surface area contributed by atoms with Crippen LogP contribution in [0.25, 0.3) is 0 Å². The molecular formula is C11H18N4O3. The van der Waals surface area contributed by atoms with Gasteiger partial charge in [-0.15, -0.1) is 0 Å². The zero-order valence-electron chi connectivity index (χ0n) is 10.8. The molecule has 7 nitrogen and oxygen atoms in total. The van der Waals surface area contributed by atoms with Crippen molar-refractivity contribution in [2.75, 3.05) is 7.05 Å². The summed E-state index contributed by atoms with van der Waals surface area (Å²) in [5, 5.41) is 15.3. The Morgan fingerprint density at radius 2 is 2.28 bits per heavy atom. The van der Waals surface area contributed by atoms with Crippen LogP contribution in [0.4, 0.5) is 4.79 Å². The Morgan fingerprint density at radius 1 is 1.61 bits per heavy atom. The van der Waals surface area contributed by atoms with Crippen LogP contribution in [0.5, 0.6) is 0 Å². The zero-order valence-corrected chi connectivity index (χ0v) is 10.8. The second kappa shape index (κ2) is 6.04. The molecule has 0 aliphatic rings. The molecule has 1 heterocycles. The third kappa shape index (κ3) is 3.76. The molecule has 0 bridgehead atoms. The van der Waals surface area contributed by atoms with Crippen molar-refractivity contribution in [3.63, 3.8) is 0 Å². The van der Waals surface area contributed by atoms with E-state index in [4.69, 9.17) is 5.11 Å². The van der Waals surface area contributed by atoms with Crippen LogP contribution in [-0.4, -0.2) is 44.9 Å². The molecule has 0 unspecified atom stereocenters. The van der Waals surface area contributed by atoms with Gasteiger partial charge in [-0.3, -0.25) is 4.68 Å². The highest BCUT2D eigenvalue weighted by atomic mass is 16.4. The van der Waals surface area contributed by atoms with E-state index in [0.717, 1.165) is 5.56 Å². The topological polar surface area (TPSA) is 87.5 Å². The molecule has 0 aliphatic carbocycles. The summed E-state index contributed by atoms with van der Waals surface area (Å²) in [6, 6.07) is -1.26. The first-order chi connectivity index (χ1) is 8.43. The van der Waals surface area contributed by atoms with Crippen LogP contribution < -0.4 is 5.32 Å². The zero-order chi connectivity index (χ0) is 13.7. The van der Waals surface area contributed by atoms with E-state index in [1.165, 1.54) is 4.90 Å². The molecule has 0 spiro atoms. The van der Waals surface area contributed by atoms with E-state index in [2.05, 4.69) is 10.4 Å². The second-order valence-electron chi connectivity index (χ2n) is 4.13. The lowest BCUT2D eigenvalue weighted by Crippen LogP contribution is -2.46. The number of aryl methyl sites for hydroxylation is 1. The van der Waals surface area contributed by atoms with Gasteiger partial charge in [-0.25, -0.2) is 9.59 Å². The Balaban J connectivity index is 2.53. The van der Waals surface area contributed by atoms with Gasteiger partial charge in [-0.2, -0.15) is 5.10 Å².